The van der Waals surface area contributed by atoms with Crippen LogP contribution in [-0.2, 0) is 6.54 Å². The van der Waals surface area contributed by atoms with E-state index in [2.05, 4.69) is 5.32 Å². The maximum absolute atomic E-state index is 9.49. The molecule has 0 atom stereocenters. The van der Waals surface area contributed by atoms with Gasteiger partial charge in [-0.25, -0.2) is 0 Å². The quantitative estimate of drug-likeness (QED) is 0.858. The van der Waals surface area contributed by atoms with Gasteiger partial charge in [-0.1, -0.05) is 29.3 Å². The summed E-state index contributed by atoms with van der Waals surface area (Å²) in [5.41, 5.74) is 0.268. The highest BCUT2D eigenvalue weighted by atomic mass is 35.5. The van der Waals surface area contributed by atoms with Crippen LogP contribution in [-0.4, -0.2) is 17.3 Å². The van der Waals surface area contributed by atoms with E-state index in [1.165, 1.54) is 0 Å². The number of hydrogen-bond acceptors (Lipinski definition) is 2. The molecule has 84 valence electrons. The zero-order valence-corrected chi connectivity index (χ0v) is 10.4. The SMILES string of the molecule is CC(C)(O)CNCc1ccc(Cl)cc1Cl. The third-order valence-corrected chi connectivity index (χ3v) is 2.48. The van der Waals surface area contributed by atoms with Gasteiger partial charge in [-0.2, -0.15) is 0 Å². The van der Waals surface area contributed by atoms with E-state index in [0.717, 1.165) is 5.56 Å². The van der Waals surface area contributed by atoms with E-state index in [9.17, 15) is 5.11 Å². The highest BCUT2D eigenvalue weighted by molar-refractivity contribution is 6.35. The fourth-order valence-electron chi connectivity index (χ4n) is 1.17. The van der Waals surface area contributed by atoms with Gasteiger partial charge in [-0.15, -0.1) is 0 Å². The summed E-state index contributed by atoms with van der Waals surface area (Å²) < 4.78 is 0. The van der Waals surface area contributed by atoms with E-state index in [4.69, 9.17) is 23.2 Å². The number of aliphatic hydroxyl groups is 1. The highest BCUT2D eigenvalue weighted by Gasteiger charge is 2.11. The van der Waals surface area contributed by atoms with Gasteiger partial charge in [0.05, 0.1) is 5.60 Å². The Balaban J connectivity index is 2.51. The molecule has 0 unspecified atom stereocenters. The van der Waals surface area contributed by atoms with Gasteiger partial charge in [0, 0.05) is 23.1 Å². The maximum Gasteiger partial charge on any atom is 0.0715 e. The van der Waals surface area contributed by atoms with Crippen molar-refractivity contribution in [2.75, 3.05) is 6.54 Å². The minimum Gasteiger partial charge on any atom is -0.389 e. The third kappa shape index (κ3) is 4.85. The maximum atomic E-state index is 9.49. The molecule has 1 aromatic carbocycles. The third-order valence-electron chi connectivity index (χ3n) is 1.89. The van der Waals surface area contributed by atoms with E-state index < -0.39 is 5.60 Å². The van der Waals surface area contributed by atoms with Crippen LogP contribution < -0.4 is 5.32 Å². The molecule has 0 aromatic heterocycles. The van der Waals surface area contributed by atoms with Gasteiger partial charge in [-0.3, -0.25) is 0 Å². The number of hydrogen-bond donors (Lipinski definition) is 2. The molecule has 0 aliphatic rings. The second-order valence-electron chi connectivity index (χ2n) is 4.15. The molecule has 2 N–H and O–H groups in total. The monoisotopic (exact) mass is 247 g/mol. The first kappa shape index (κ1) is 12.8. The lowest BCUT2D eigenvalue weighted by Crippen LogP contribution is -2.34. The molecule has 1 rings (SSSR count). The van der Waals surface area contributed by atoms with Gasteiger partial charge in [0.15, 0.2) is 0 Å². The molecule has 4 heteroatoms. The van der Waals surface area contributed by atoms with Crippen molar-refractivity contribution in [3.63, 3.8) is 0 Å². The first-order chi connectivity index (χ1) is 6.88. The van der Waals surface area contributed by atoms with Crippen molar-refractivity contribution >= 4 is 23.2 Å². The van der Waals surface area contributed by atoms with Crippen LogP contribution in [0.3, 0.4) is 0 Å². The minimum atomic E-state index is -0.709. The van der Waals surface area contributed by atoms with E-state index in [1.807, 2.05) is 6.07 Å². The van der Waals surface area contributed by atoms with Crippen LogP contribution in [0, 0.1) is 0 Å². The average molecular weight is 248 g/mol. The Kier molecular flexibility index (Phi) is 4.41. The van der Waals surface area contributed by atoms with Crippen LogP contribution in [0.15, 0.2) is 18.2 Å². The van der Waals surface area contributed by atoms with Crippen LogP contribution in [0.5, 0.6) is 0 Å². The number of rotatable bonds is 4. The molecule has 0 fully saturated rings. The molecule has 0 aliphatic carbocycles. The Morgan fingerprint density at radius 3 is 2.53 bits per heavy atom. The molecule has 0 heterocycles. The Hall–Kier alpha value is -0.280. The van der Waals surface area contributed by atoms with Gasteiger partial charge in [-0.05, 0) is 31.5 Å². The van der Waals surface area contributed by atoms with Crippen LogP contribution in [0.2, 0.25) is 10.0 Å². The van der Waals surface area contributed by atoms with Gasteiger partial charge >= 0.3 is 0 Å². The van der Waals surface area contributed by atoms with Gasteiger partial charge in [0.25, 0.3) is 0 Å². The fraction of sp³-hybridized carbons (Fsp3) is 0.455. The largest absolute Gasteiger partial charge is 0.389 e. The predicted octanol–water partition coefficient (Wildman–Crippen LogP) is 2.85. The molecule has 2 nitrogen and oxygen atoms in total. The summed E-state index contributed by atoms with van der Waals surface area (Å²) in [7, 11) is 0. The Morgan fingerprint density at radius 2 is 2.00 bits per heavy atom. The first-order valence-corrected chi connectivity index (χ1v) is 5.51. The molecule has 15 heavy (non-hydrogen) atoms. The second-order valence-corrected chi connectivity index (χ2v) is 5.00. The van der Waals surface area contributed by atoms with Crippen molar-refractivity contribution in [3.05, 3.63) is 33.8 Å². The van der Waals surface area contributed by atoms with Crippen molar-refractivity contribution in [1.29, 1.82) is 0 Å². The summed E-state index contributed by atoms with van der Waals surface area (Å²) in [5, 5.41) is 13.9. The average Bonchev–Trinajstić information content (AvgIpc) is 2.07. The topological polar surface area (TPSA) is 32.3 Å². The molecular formula is C11H15Cl2NO. The summed E-state index contributed by atoms with van der Waals surface area (Å²) in [6, 6.07) is 5.39. The summed E-state index contributed by atoms with van der Waals surface area (Å²) in [4.78, 5) is 0. The Bertz CT molecular complexity index is 334. The van der Waals surface area contributed by atoms with Crippen molar-refractivity contribution in [2.24, 2.45) is 0 Å². The molecule has 1 aromatic rings. The Labute approximate surface area is 100 Å². The molecular weight excluding hydrogens is 233 g/mol. The number of nitrogens with one attached hydrogen (secondary N) is 1. The lowest BCUT2D eigenvalue weighted by atomic mass is 10.1. The van der Waals surface area contributed by atoms with Gasteiger partial charge < -0.3 is 10.4 Å². The molecule has 0 spiro atoms. The summed E-state index contributed by atoms with van der Waals surface area (Å²) in [6.07, 6.45) is 0. The molecule has 0 amide bonds. The van der Waals surface area contributed by atoms with Crippen LogP contribution >= 0.6 is 23.2 Å². The van der Waals surface area contributed by atoms with Gasteiger partial charge in [0.1, 0.15) is 0 Å². The van der Waals surface area contributed by atoms with Crippen LogP contribution in [0.25, 0.3) is 0 Å². The van der Waals surface area contributed by atoms with Gasteiger partial charge in [0.2, 0.25) is 0 Å². The van der Waals surface area contributed by atoms with E-state index >= 15 is 0 Å². The zero-order chi connectivity index (χ0) is 11.5. The summed E-state index contributed by atoms with van der Waals surface area (Å²) in [6.45, 7) is 4.65. The molecule has 0 saturated carbocycles. The molecule has 0 radical (unpaired) electrons. The van der Waals surface area contributed by atoms with Crippen molar-refractivity contribution in [3.8, 4) is 0 Å². The van der Waals surface area contributed by atoms with E-state index in [0.29, 0.717) is 23.1 Å². The minimum absolute atomic E-state index is 0.520. The highest BCUT2D eigenvalue weighted by Crippen LogP contribution is 2.20. The van der Waals surface area contributed by atoms with E-state index in [1.54, 1.807) is 26.0 Å². The van der Waals surface area contributed by atoms with Crippen molar-refractivity contribution in [2.45, 2.75) is 26.0 Å². The fourth-order valence-corrected chi connectivity index (χ4v) is 1.64. The molecule has 0 bridgehead atoms. The lowest BCUT2D eigenvalue weighted by Gasteiger charge is -2.17. The first-order valence-electron chi connectivity index (χ1n) is 4.75. The number of halogens is 2. The van der Waals surface area contributed by atoms with E-state index in [-0.39, 0.29) is 0 Å². The van der Waals surface area contributed by atoms with Crippen molar-refractivity contribution < 1.29 is 5.11 Å². The smallest absolute Gasteiger partial charge is 0.0715 e. The summed E-state index contributed by atoms with van der Waals surface area (Å²) in [5.74, 6) is 0. The molecule has 0 aliphatic heterocycles. The number of benzene rings is 1. The second kappa shape index (κ2) is 5.17. The predicted molar refractivity (Wildman–Crippen MR) is 64.5 cm³/mol. The normalized spacial score (nSPS) is 11.8. The standard InChI is InChI=1S/C11H15Cl2NO/c1-11(2,15)7-14-6-8-3-4-9(12)5-10(8)13/h3-5,14-15H,6-7H2,1-2H3. The van der Waals surface area contributed by atoms with Crippen LogP contribution in [0.1, 0.15) is 19.4 Å². The van der Waals surface area contributed by atoms with Crippen LogP contribution in [0.4, 0.5) is 0 Å². The molecule has 0 saturated heterocycles. The lowest BCUT2D eigenvalue weighted by molar-refractivity contribution is 0.0795. The summed E-state index contributed by atoms with van der Waals surface area (Å²) >= 11 is 11.8. The Morgan fingerprint density at radius 1 is 1.33 bits per heavy atom. The zero-order valence-electron chi connectivity index (χ0n) is 8.85. The van der Waals surface area contributed by atoms with Crippen molar-refractivity contribution in [1.82, 2.24) is 5.32 Å².